The van der Waals surface area contributed by atoms with Gasteiger partial charge in [0.05, 0.1) is 24.7 Å². The van der Waals surface area contributed by atoms with E-state index in [4.69, 9.17) is 0 Å². The molecule has 0 bridgehead atoms. The molecule has 1 saturated heterocycles. The van der Waals surface area contributed by atoms with Gasteiger partial charge in [-0.3, -0.25) is 57.7 Å². The number of rotatable bonds is 17. The number of amides is 8. The summed E-state index contributed by atoms with van der Waals surface area (Å²) in [6, 6.07) is -2.57. The van der Waals surface area contributed by atoms with Crippen LogP contribution in [0.25, 0.3) is 0 Å². The van der Waals surface area contributed by atoms with Gasteiger partial charge in [0.2, 0.25) is 47.3 Å². The van der Waals surface area contributed by atoms with Crippen molar-refractivity contribution in [1.82, 2.24) is 44.6 Å². The molecule has 1 aromatic rings. The van der Waals surface area contributed by atoms with Crippen molar-refractivity contribution in [1.29, 1.82) is 0 Å². The van der Waals surface area contributed by atoms with Gasteiger partial charge in [-0.2, -0.15) is 0 Å². The maximum atomic E-state index is 15.4. The zero-order valence-electron chi connectivity index (χ0n) is 59.2. The van der Waals surface area contributed by atoms with E-state index < -0.39 is 150 Å². The van der Waals surface area contributed by atoms with Crippen molar-refractivity contribution < 1.29 is 57.8 Å². The number of nitrogens with zero attached hydrogens (tertiary/aromatic N) is 8. The average Bonchev–Trinajstić information content (AvgIpc) is 0.874. The van der Waals surface area contributed by atoms with Gasteiger partial charge >= 0.3 is 0 Å². The minimum absolute atomic E-state index is 0.0689. The Hall–Kier alpha value is -6.12. The van der Waals surface area contributed by atoms with Crippen LogP contribution < -0.4 is 5.32 Å². The van der Waals surface area contributed by atoms with E-state index in [0.29, 0.717) is 19.3 Å². The van der Waals surface area contributed by atoms with Gasteiger partial charge in [-0.05, 0) is 112 Å². The molecule has 0 spiro atoms. The normalized spacial score (nSPS) is 26.2. The topological polar surface area (TPSA) is 256 Å². The highest BCUT2D eigenvalue weighted by Gasteiger charge is 2.46. The Morgan fingerprint density at radius 1 is 0.522 bits per heavy atom. The predicted octanol–water partition coefficient (Wildman–Crippen LogP) is 6.99. The van der Waals surface area contributed by atoms with Crippen molar-refractivity contribution in [3.63, 3.8) is 0 Å². The van der Waals surface area contributed by atoms with Gasteiger partial charge in [0.1, 0.15) is 30.2 Å². The molecule has 21 nitrogen and oxygen atoms in total. The standard InChI is InChI=1S/C69H117N9O12/c1-24-49-37-58(81)61(62(83)46(14)28-27-30-50-29-25-26-31-70-50)78(23)69(90)60(45(12)13)77(22)68(89)55(35-43(8)9)76(21)67(88)54(34-42(6)7)75(20)64(85)48(16)71-63(84)47(15)36-56(79)53(33-41(4)5)74(19)66(87)51(44(10)11)38-57(80)52(32-40(2)3)73(18)59(82)39-72(17)65(49)86/h25-26,29,31,40-49,51-55,60-62,83H,24,27-28,30,32-39H2,1-23H3,(H,71,84)/t46-,47+,48+,49+,51-,52+,53-,54-,55-,60-,61+,62-/m1/s1. The Labute approximate surface area is 539 Å². The van der Waals surface area contributed by atoms with Gasteiger partial charge in [0.15, 0.2) is 17.3 Å². The summed E-state index contributed by atoms with van der Waals surface area (Å²) < 4.78 is 0. The first-order valence-corrected chi connectivity index (χ1v) is 33.0. The molecular formula is C69H117N9O12. The molecule has 2 N–H and O–H groups in total. The fraction of sp³-hybridized carbons (Fsp3) is 0.768. The lowest BCUT2D eigenvalue weighted by molar-refractivity contribution is -0.157. The Bertz CT molecular complexity index is 2570. The molecule has 8 amide bonds. The number of carbonyl (C=O) groups is 11. The van der Waals surface area contributed by atoms with E-state index in [-0.39, 0.29) is 80.3 Å². The molecule has 2 rings (SSSR count). The van der Waals surface area contributed by atoms with E-state index in [1.54, 1.807) is 40.8 Å². The first-order valence-electron chi connectivity index (χ1n) is 33.0. The molecule has 1 fully saturated rings. The molecule has 0 aromatic carbocycles. The fourth-order valence-corrected chi connectivity index (χ4v) is 12.4. The summed E-state index contributed by atoms with van der Waals surface area (Å²) in [5.74, 6) is -10.8. The summed E-state index contributed by atoms with van der Waals surface area (Å²) in [5, 5.41) is 15.2. The van der Waals surface area contributed by atoms with Crippen LogP contribution in [-0.2, 0) is 59.2 Å². The van der Waals surface area contributed by atoms with Crippen LogP contribution in [0.4, 0.5) is 0 Å². The smallest absolute Gasteiger partial charge is 0.246 e. The van der Waals surface area contributed by atoms with Crippen LogP contribution in [0.1, 0.15) is 181 Å². The highest BCUT2D eigenvalue weighted by Crippen LogP contribution is 2.30. The van der Waals surface area contributed by atoms with Gasteiger partial charge in [0.25, 0.3) is 0 Å². The molecule has 2 heterocycles. The van der Waals surface area contributed by atoms with E-state index in [2.05, 4.69) is 10.3 Å². The molecule has 1 aliphatic heterocycles. The average molecular weight is 1260 g/mol. The Balaban J connectivity index is 2.97. The SMILES string of the molecule is CC[C@H]1CC(=O)[C@@H]([C@H](O)[C@H](C)CCCc2ccccn2)N(C)C(=O)[C@@H](C(C)C)N(C)C(=O)[C@@H](CC(C)C)N(C)C(=O)[C@@H](CC(C)C)N(C)C(=O)[C@H](C)NC(=O)[C@@H](C)CC(=O)[C@@H](CC(C)C)N(C)C(=O)[C@@H](C(C)C)CC(=O)[C@H](CC(C)C)N(C)C(=O)CN(C)C1=O. The molecular weight excluding hydrogens is 1150 g/mol. The summed E-state index contributed by atoms with van der Waals surface area (Å²) in [6.07, 6.45) is 1.83. The maximum absolute atomic E-state index is 15.4. The number of Topliss-reactive ketones (excluding diaryl/α,β-unsaturated/α-hetero) is 3. The number of aromatic nitrogens is 1. The minimum Gasteiger partial charge on any atom is -0.390 e. The van der Waals surface area contributed by atoms with Crippen LogP contribution in [0.3, 0.4) is 0 Å². The lowest BCUT2D eigenvalue weighted by Crippen LogP contribution is -2.61. The lowest BCUT2D eigenvalue weighted by Gasteiger charge is -2.41. The Kier molecular flexibility index (Phi) is 32.7. The zero-order chi connectivity index (χ0) is 69.1. The van der Waals surface area contributed by atoms with Gasteiger partial charge in [-0.15, -0.1) is 0 Å². The number of likely N-dealkylation sites (N-methyl/N-ethyl adjacent to an activating group) is 7. The second kappa shape index (κ2) is 36.8. The third kappa shape index (κ3) is 22.6. The van der Waals surface area contributed by atoms with E-state index in [0.717, 1.165) is 5.69 Å². The molecule has 0 saturated carbocycles. The first kappa shape index (κ1) is 80.0. The van der Waals surface area contributed by atoms with E-state index in [1.807, 2.05) is 87.4 Å². The third-order valence-electron chi connectivity index (χ3n) is 18.1. The number of carbonyl (C=O) groups excluding carboxylic acids is 11. The van der Waals surface area contributed by atoms with Crippen molar-refractivity contribution in [2.75, 3.05) is 55.9 Å². The van der Waals surface area contributed by atoms with Crippen molar-refractivity contribution >= 4 is 64.6 Å². The number of nitrogens with one attached hydrogen (secondary N) is 1. The number of ketones is 3. The maximum Gasteiger partial charge on any atom is 0.246 e. The van der Waals surface area contributed by atoms with Crippen LogP contribution in [0, 0.1) is 59.2 Å². The number of aliphatic hydroxyl groups is 1. The van der Waals surface area contributed by atoms with Crippen LogP contribution in [-0.4, -0.2) is 213 Å². The van der Waals surface area contributed by atoms with Crippen molar-refractivity contribution in [2.24, 2.45) is 59.2 Å². The van der Waals surface area contributed by atoms with Gasteiger partial charge in [-0.25, -0.2) is 0 Å². The molecule has 0 unspecified atom stereocenters. The first-order chi connectivity index (χ1) is 41.7. The van der Waals surface area contributed by atoms with Gasteiger partial charge in [-0.1, -0.05) is 110 Å². The number of hydrogen-bond donors (Lipinski definition) is 2. The highest BCUT2D eigenvalue weighted by atomic mass is 16.3. The number of aryl methyl sites for hydroxylation is 1. The summed E-state index contributed by atoms with van der Waals surface area (Å²) in [6.45, 7) is 28.4. The fourth-order valence-electron chi connectivity index (χ4n) is 12.4. The monoisotopic (exact) mass is 1260 g/mol. The lowest BCUT2D eigenvalue weighted by atomic mass is 9.84. The summed E-state index contributed by atoms with van der Waals surface area (Å²) in [5.41, 5.74) is 0.844. The van der Waals surface area contributed by atoms with Crippen LogP contribution in [0.2, 0.25) is 0 Å². The summed E-state index contributed by atoms with van der Waals surface area (Å²) in [4.78, 5) is 175. The largest absolute Gasteiger partial charge is 0.390 e. The molecule has 90 heavy (non-hydrogen) atoms. The summed E-state index contributed by atoms with van der Waals surface area (Å²) >= 11 is 0. The van der Waals surface area contributed by atoms with E-state index in [9.17, 15) is 38.7 Å². The predicted molar refractivity (Wildman–Crippen MR) is 350 cm³/mol. The van der Waals surface area contributed by atoms with Crippen molar-refractivity contribution in [3.05, 3.63) is 30.1 Å². The molecule has 1 aliphatic rings. The number of pyridine rings is 1. The van der Waals surface area contributed by atoms with Crippen LogP contribution in [0.5, 0.6) is 0 Å². The second-order valence-corrected chi connectivity index (χ2v) is 28.4. The highest BCUT2D eigenvalue weighted by molar-refractivity contribution is 5.99. The summed E-state index contributed by atoms with van der Waals surface area (Å²) in [7, 11) is 10.3. The number of hydrogen-bond acceptors (Lipinski definition) is 13. The minimum atomic E-state index is -1.51. The van der Waals surface area contributed by atoms with Gasteiger partial charge < -0.3 is 44.7 Å². The van der Waals surface area contributed by atoms with Crippen LogP contribution >= 0.6 is 0 Å². The van der Waals surface area contributed by atoms with Gasteiger partial charge in [0, 0.05) is 98.2 Å². The van der Waals surface area contributed by atoms with E-state index in [1.165, 1.54) is 90.6 Å². The zero-order valence-corrected chi connectivity index (χ0v) is 59.2. The molecule has 21 heteroatoms. The molecule has 1 aromatic heterocycles. The Morgan fingerprint density at radius 3 is 1.47 bits per heavy atom. The molecule has 510 valence electrons. The quantitative estimate of drug-likeness (QED) is 0.160. The molecule has 0 aliphatic carbocycles. The van der Waals surface area contributed by atoms with Crippen LogP contribution in [0.15, 0.2) is 24.4 Å². The van der Waals surface area contributed by atoms with E-state index >= 15 is 19.2 Å². The van der Waals surface area contributed by atoms with Crippen molar-refractivity contribution in [2.45, 2.75) is 230 Å². The molecule has 12 atom stereocenters. The Morgan fingerprint density at radius 2 is 0.989 bits per heavy atom. The third-order valence-corrected chi connectivity index (χ3v) is 18.1. The number of aliphatic hydroxyl groups excluding tert-OH is 1. The van der Waals surface area contributed by atoms with Crippen molar-refractivity contribution in [3.8, 4) is 0 Å². The molecule has 0 radical (unpaired) electrons. The second-order valence-electron chi connectivity index (χ2n) is 28.4.